The van der Waals surface area contributed by atoms with Crippen molar-refractivity contribution in [3.8, 4) is 17.1 Å². The molecule has 216 valence electrons. The Morgan fingerprint density at radius 2 is 2.10 bits per heavy atom. The van der Waals surface area contributed by atoms with Crippen LogP contribution in [0.2, 0.25) is 0 Å². The molecule has 3 unspecified atom stereocenters. The number of hydrogen-bond donors (Lipinski definition) is 4. The van der Waals surface area contributed by atoms with E-state index in [1.54, 1.807) is 0 Å². The van der Waals surface area contributed by atoms with E-state index in [0.717, 1.165) is 78.9 Å². The van der Waals surface area contributed by atoms with Crippen molar-refractivity contribution in [3.05, 3.63) is 42.5 Å². The van der Waals surface area contributed by atoms with Crippen molar-refractivity contribution in [3.63, 3.8) is 0 Å². The third-order valence-electron chi connectivity index (χ3n) is 8.33. The molecule has 3 atom stereocenters. The summed E-state index contributed by atoms with van der Waals surface area (Å²) in [6.07, 6.45) is 6.05. The van der Waals surface area contributed by atoms with Gasteiger partial charge in [0.25, 0.3) is 0 Å². The van der Waals surface area contributed by atoms with E-state index < -0.39 is 0 Å². The summed E-state index contributed by atoms with van der Waals surface area (Å²) in [6, 6.07) is 14.4. The molecule has 41 heavy (non-hydrogen) atoms. The average molecular weight is 558 g/mol. The lowest BCUT2D eigenvalue weighted by molar-refractivity contribution is -0.128. The van der Waals surface area contributed by atoms with Gasteiger partial charge in [-0.25, -0.2) is 9.97 Å². The fourth-order valence-electron chi connectivity index (χ4n) is 6.16. The molecule has 3 aliphatic rings. The Morgan fingerprint density at radius 1 is 1.17 bits per heavy atom. The minimum absolute atomic E-state index is 0.000410. The van der Waals surface area contributed by atoms with Crippen LogP contribution in [0.1, 0.15) is 51.9 Å². The summed E-state index contributed by atoms with van der Waals surface area (Å²) in [4.78, 5) is 36.0. The maximum atomic E-state index is 12.2. The second-order valence-electron chi connectivity index (χ2n) is 11.3. The van der Waals surface area contributed by atoms with Crippen LogP contribution < -0.4 is 26.2 Å². The lowest BCUT2D eigenvalue weighted by atomic mass is 9.83. The van der Waals surface area contributed by atoms with E-state index in [9.17, 15) is 9.59 Å². The van der Waals surface area contributed by atoms with Gasteiger partial charge in [-0.05, 0) is 68.4 Å². The fraction of sp³-hybridized carbons (Fsp3) is 0.484. The third kappa shape index (κ3) is 6.44. The number of benzene rings is 2. The Hall–Kier alpha value is -3.76. The van der Waals surface area contributed by atoms with Crippen LogP contribution in [-0.4, -0.2) is 65.0 Å². The molecule has 2 aromatic carbocycles. The number of likely N-dealkylation sites (tertiary alicyclic amines) is 1. The normalized spacial score (nSPS) is 22.1. The van der Waals surface area contributed by atoms with Crippen LogP contribution in [0.25, 0.3) is 22.3 Å². The van der Waals surface area contributed by atoms with Crippen LogP contribution in [0.3, 0.4) is 0 Å². The number of nitrogens with zero attached hydrogens (tertiary/aromatic N) is 3. The van der Waals surface area contributed by atoms with Crippen LogP contribution in [0, 0.1) is 5.92 Å². The summed E-state index contributed by atoms with van der Waals surface area (Å²) in [6.45, 7) is 4.82. The number of aromatic nitrogens is 2. The largest absolute Gasteiger partial charge is 0.492 e. The number of anilines is 2. The number of rotatable bonds is 10. The molecule has 0 radical (unpaired) electrons. The molecule has 2 aliphatic heterocycles. The van der Waals surface area contributed by atoms with Gasteiger partial charge in [0, 0.05) is 54.7 Å². The van der Waals surface area contributed by atoms with Crippen LogP contribution in [0.5, 0.6) is 5.75 Å². The van der Waals surface area contributed by atoms with Crippen molar-refractivity contribution in [2.24, 2.45) is 5.92 Å². The molecule has 2 amide bonds. The first kappa shape index (κ1) is 27.4. The highest BCUT2D eigenvalue weighted by Crippen LogP contribution is 2.33. The Labute approximate surface area is 240 Å². The number of ether oxygens (including phenoxy) is 1. The van der Waals surface area contributed by atoms with Gasteiger partial charge in [0.15, 0.2) is 5.82 Å². The number of carbonyl (C=O) groups is 2. The van der Waals surface area contributed by atoms with Crippen molar-refractivity contribution in [1.82, 2.24) is 25.7 Å². The lowest BCUT2D eigenvalue weighted by Gasteiger charge is -2.31. The third-order valence-corrected chi connectivity index (χ3v) is 8.33. The van der Waals surface area contributed by atoms with Crippen LogP contribution >= 0.6 is 0 Å². The number of hydrazine groups is 1. The van der Waals surface area contributed by atoms with Gasteiger partial charge in [0.05, 0.1) is 12.1 Å². The predicted molar refractivity (Wildman–Crippen MR) is 159 cm³/mol. The predicted octanol–water partition coefficient (Wildman–Crippen LogP) is 4.09. The average Bonchev–Trinajstić information content (AvgIpc) is 3.61. The highest BCUT2D eigenvalue weighted by Gasteiger charge is 2.34. The molecule has 6 rings (SSSR count). The van der Waals surface area contributed by atoms with E-state index in [-0.39, 0.29) is 11.8 Å². The summed E-state index contributed by atoms with van der Waals surface area (Å²) >= 11 is 0. The van der Waals surface area contributed by atoms with Crippen molar-refractivity contribution in [2.75, 3.05) is 36.9 Å². The summed E-state index contributed by atoms with van der Waals surface area (Å²) in [5, 5.41) is 7.64. The lowest BCUT2D eigenvalue weighted by Crippen LogP contribution is -2.39. The molecule has 1 aliphatic carbocycles. The molecule has 3 heterocycles. The van der Waals surface area contributed by atoms with E-state index in [2.05, 4.69) is 21.5 Å². The summed E-state index contributed by atoms with van der Waals surface area (Å²) in [7, 11) is 0. The molecule has 0 bridgehead atoms. The van der Waals surface area contributed by atoms with Gasteiger partial charge in [0.2, 0.25) is 11.8 Å². The maximum Gasteiger partial charge on any atom is 0.224 e. The van der Waals surface area contributed by atoms with Crippen molar-refractivity contribution >= 4 is 34.2 Å². The molecule has 3 fully saturated rings. The molecule has 1 aromatic heterocycles. The van der Waals surface area contributed by atoms with Crippen LogP contribution in [0.4, 0.5) is 11.5 Å². The van der Waals surface area contributed by atoms with Gasteiger partial charge in [-0.1, -0.05) is 19.1 Å². The first-order chi connectivity index (χ1) is 20.1. The maximum absolute atomic E-state index is 12.2. The van der Waals surface area contributed by atoms with Crippen molar-refractivity contribution in [1.29, 1.82) is 0 Å². The molecule has 2 saturated heterocycles. The topological polar surface area (TPSA) is 121 Å². The SMILES string of the molecule is CCCC(=O)Nc1cccc(-c2nc(NC3CCC4NNCC4C3)c3cc(OCCN4CCCC4=O)ccc3n2)c1. The number of nitrogens with one attached hydrogen (secondary N) is 4. The number of hydrogen-bond acceptors (Lipinski definition) is 8. The van der Waals surface area contributed by atoms with Crippen molar-refractivity contribution in [2.45, 2.75) is 64.0 Å². The highest BCUT2D eigenvalue weighted by molar-refractivity contribution is 5.93. The van der Waals surface area contributed by atoms with E-state index in [0.29, 0.717) is 49.8 Å². The first-order valence-corrected chi connectivity index (χ1v) is 14.9. The van der Waals surface area contributed by atoms with Gasteiger partial charge >= 0.3 is 0 Å². The number of carbonyl (C=O) groups excluding carboxylic acids is 2. The zero-order valence-electron chi connectivity index (χ0n) is 23.6. The number of amides is 2. The highest BCUT2D eigenvalue weighted by atomic mass is 16.5. The second kappa shape index (κ2) is 12.4. The van der Waals surface area contributed by atoms with Crippen LogP contribution in [-0.2, 0) is 9.59 Å². The van der Waals surface area contributed by atoms with E-state index in [4.69, 9.17) is 14.7 Å². The van der Waals surface area contributed by atoms with E-state index in [1.807, 2.05) is 54.3 Å². The first-order valence-electron chi connectivity index (χ1n) is 14.9. The molecule has 10 nitrogen and oxygen atoms in total. The molecule has 10 heteroatoms. The zero-order chi connectivity index (χ0) is 28.2. The van der Waals surface area contributed by atoms with Crippen molar-refractivity contribution < 1.29 is 14.3 Å². The van der Waals surface area contributed by atoms with E-state index in [1.165, 1.54) is 0 Å². The standard InChI is InChI=1S/C31H39N7O3/c1-2-5-28(39)33-22-7-3-6-20(16-22)30-35-27-12-10-24(41-15-14-38-13-4-8-29(38)40)18-25(27)31(36-30)34-23-9-11-26-21(17-23)19-32-37-26/h3,6-7,10,12,16,18,21,23,26,32,37H,2,4-5,8-9,11,13-15,17,19H2,1H3,(H,33,39)(H,34,35,36). The quantitative estimate of drug-likeness (QED) is 0.294. The molecular formula is C31H39N7O3. The smallest absolute Gasteiger partial charge is 0.224 e. The Morgan fingerprint density at radius 3 is 2.95 bits per heavy atom. The van der Waals surface area contributed by atoms with Gasteiger partial charge < -0.3 is 20.3 Å². The molecule has 3 aromatic rings. The monoisotopic (exact) mass is 557 g/mol. The molecule has 1 saturated carbocycles. The van der Waals surface area contributed by atoms with Crippen LogP contribution in [0.15, 0.2) is 42.5 Å². The minimum atomic E-state index is -0.000410. The molecule has 4 N–H and O–H groups in total. The number of fused-ring (bicyclic) bond motifs is 2. The Balaban J connectivity index is 1.27. The fourth-order valence-corrected chi connectivity index (χ4v) is 6.16. The summed E-state index contributed by atoms with van der Waals surface area (Å²) in [5.41, 5.74) is 9.11. The van der Waals surface area contributed by atoms with Gasteiger partial charge in [-0.2, -0.15) is 0 Å². The zero-order valence-corrected chi connectivity index (χ0v) is 23.6. The summed E-state index contributed by atoms with van der Waals surface area (Å²) in [5.74, 6) is 2.91. The molecular weight excluding hydrogens is 518 g/mol. The van der Waals surface area contributed by atoms with E-state index >= 15 is 0 Å². The van der Waals surface area contributed by atoms with Gasteiger partial charge in [0.1, 0.15) is 18.2 Å². The Kier molecular flexibility index (Phi) is 8.29. The van der Waals surface area contributed by atoms with Gasteiger partial charge in [-0.3, -0.25) is 20.4 Å². The van der Waals surface area contributed by atoms with Gasteiger partial charge in [-0.15, -0.1) is 0 Å². The second-order valence-corrected chi connectivity index (χ2v) is 11.3. The minimum Gasteiger partial charge on any atom is -0.492 e. The molecule has 0 spiro atoms. The Bertz CT molecular complexity index is 1410. The summed E-state index contributed by atoms with van der Waals surface area (Å²) < 4.78 is 6.08.